The highest BCUT2D eigenvalue weighted by molar-refractivity contribution is 6.06. The van der Waals surface area contributed by atoms with Crippen LogP contribution in [0.1, 0.15) is 47.2 Å². The zero-order chi connectivity index (χ0) is 40.0. The van der Waals surface area contributed by atoms with Crippen LogP contribution in [0.3, 0.4) is 0 Å². The molecular weight excluding hydrogens is 727 g/mol. The topological polar surface area (TPSA) is 16.4 Å². The van der Waals surface area contributed by atoms with Crippen molar-refractivity contribution in [3.8, 4) is 33.4 Å². The molecule has 9 aromatic carbocycles. The molecule has 0 N–H and O–H groups in total. The lowest BCUT2D eigenvalue weighted by atomic mass is 9.68. The van der Waals surface area contributed by atoms with Crippen LogP contribution in [-0.2, 0) is 10.8 Å². The van der Waals surface area contributed by atoms with Gasteiger partial charge in [-0.15, -0.1) is 0 Å². The zero-order valence-corrected chi connectivity index (χ0v) is 33.6. The number of rotatable bonds is 6. The van der Waals surface area contributed by atoms with Gasteiger partial charge in [0.15, 0.2) is 0 Å². The van der Waals surface area contributed by atoms with E-state index in [0.29, 0.717) is 0 Å². The highest BCUT2D eigenvalue weighted by Crippen LogP contribution is 2.56. The maximum atomic E-state index is 6.21. The van der Waals surface area contributed by atoms with Crippen LogP contribution in [0.2, 0.25) is 0 Å². The predicted octanol–water partition coefficient (Wildman–Crippen LogP) is 15.4. The SMILES string of the molecule is CC1(C)c2ccccc2-c2ccc(N(c3ccc(C4(c5ccccc5)c5ccccc5-c5ccccc54)cc3)c3cccc(-c4ccc5oc6ccccc6c5c4)c3)cc21. The van der Waals surface area contributed by atoms with Crippen LogP contribution in [0.15, 0.2) is 217 Å². The average Bonchev–Trinajstić information content (AvgIpc) is 3.91. The van der Waals surface area contributed by atoms with E-state index >= 15 is 0 Å². The molecule has 0 radical (unpaired) electrons. The summed E-state index contributed by atoms with van der Waals surface area (Å²) in [4.78, 5) is 2.43. The second-order valence-corrected chi connectivity index (χ2v) is 16.8. The normalized spacial score (nSPS) is 14.1. The molecule has 1 aromatic heterocycles. The number of furan rings is 1. The molecule has 1 heterocycles. The monoisotopic (exact) mass is 767 g/mol. The second-order valence-electron chi connectivity index (χ2n) is 16.8. The molecule has 0 saturated carbocycles. The van der Waals surface area contributed by atoms with Crippen molar-refractivity contribution in [3.63, 3.8) is 0 Å². The van der Waals surface area contributed by atoms with Crippen LogP contribution in [0.4, 0.5) is 17.1 Å². The molecule has 0 spiro atoms. The van der Waals surface area contributed by atoms with Crippen LogP contribution in [0.25, 0.3) is 55.3 Å². The fourth-order valence-electron chi connectivity index (χ4n) is 10.6. The molecule has 0 atom stereocenters. The summed E-state index contributed by atoms with van der Waals surface area (Å²) in [6.07, 6.45) is 0. The minimum Gasteiger partial charge on any atom is -0.456 e. The minimum atomic E-state index is -0.461. The van der Waals surface area contributed by atoms with Crippen molar-refractivity contribution >= 4 is 39.0 Å². The summed E-state index contributed by atoms with van der Waals surface area (Å²) in [5, 5.41) is 2.26. The minimum absolute atomic E-state index is 0.132. The average molecular weight is 768 g/mol. The van der Waals surface area contributed by atoms with Crippen molar-refractivity contribution in [2.24, 2.45) is 0 Å². The van der Waals surface area contributed by atoms with E-state index in [0.717, 1.165) is 50.1 Å². The molecule has 0 amide bonds. The highest BCUT2D eigenvalue weighted by atomic mass is 16.3. The number of nitrogens with zero attached hydrogens (tertiary/aromatic N) is 1. The molecule has 10 aromatic rings. The third kappa shape index (κ3) is 4.94. The maximum Gasteiger partial charge on any atom is 0.135 e. The fraction of sp³-hybridized carbons (Fsp3) is 0.0690. The van der Waals surface area contributed by atoms with Crippen LogP contribution in [-0.4, -0.2) is 0 Å². The molecule has 12 rings (SSSR count). The Morgan fingerprint density at radius 2 is 0.900 bits per heavy atom. The highest BCUT2D eigenvalue weighted by Gasteiger charge is 2.46. The molecule has 0 fully saturated rings. The summed E-state index contributed by atoms with van der Waals surface area (Å²) in [5.74, 6) is 0. The lowest BCUT2D eigenvalue weighted by molar-refractivity contribution is 0.660. The zero-order valence-electron chi connectivity index (χ0n) is 33.6. The van der Waals surface area contributed by atoms with Gasteiger partial charge in [-0.1, -0.05) is 172 Å². The smallest absolute Gasteiger partial charge is 0.135 e. The van der Waals surface area contributed by atoms with Gasteiger partial charge in [0.25, 0.3) is 0 Å². The Morgan fingerprint density at radius 1 is 0.350 bits per heavy atom. The molecule has 2 aliphatic carbocycles. The van der Waals surface area contributed by atoms with Gasteiger partial charge in [0.2, 0.25) is 0 Å². The number of hydrogen-bond donors (Lipinski definition) is 0. The quantitative estimate of drug-likeness (QED) is 0.168. The third-order valence-electron chi connectivity index (χ3n) is 13.4. The first-order valence-electron chi connectivity index (χ1n) is 20.9. The summed E-state index contributed by atoms with van der Waals surface area (Å²) < 4.78 is 6.21. The molecule has 2 heteroatoms. The Morgan fingerprint density at radius 3 is 1.65 bits per heavy atom. The summed E-state index contributed by atoms with van der Waals surface area (Å²) in [6.45, 7) is 4.72. The lowest BCUT2D eigenvalue weighted by Gasteiger charge is -2.34. The Bertz CT molecular complexity index is 3250. The van der Waals surface area contributed by atoms with E-state index in [1.54, 1.807) is 0 Å². The number of anilines is 3. The standard InChI is InChI=1S/C58H41NO/c1-57(2)51-23-10-6-19-45(51)48-33-32-44(37-54(48)57)59(43-18-14-15-38(35-43)39-27-34-56-50(36-39)49-22-9-13-26-55(49)60-56)42-30-28-41(29-31-42)58(40-16-4-3-5-17-40)52-24-11-7-20-46(52)47-21-8-12-25-53(47)58/h3-37H,1-2H3. The van der Waals surface area contributed by atoms with Gasteiger partial charge in [-0.05, 0) is 121 Å². The van der Waals surface area contributed by atoms with Crippen molar-refractivity contribution in [1.82, 2.24) is 0 Å². The summed E-state index contributed by atoms with van der Waals surface area (Å²) in [6, 6.07) is 78.1. The van der Waals surface area contributed by atoms with Crippen LogP contribution < -0.4 is 4.90 Å². The van der Waals surface area contributed by atoms with E-state index < -0.39 is 5.41 Å². The Labute approximate surface area is 350 Å². The van der Waals surface area contributed by atoms with E-state index in [-0.39, 0.29) is 5.41 Å². The van der Waals surface area contributed by atoms with Gasteiger partial charge in [0, 0.05) is 33.2 Å². The molecule has 0 saturated heterocycles. The summed E-state index contributed by atoms with van der Waals surface area (Å²) in [7, 11) is 0. The summed E-state index contributed by atoms with van der Waals surface area (Å²) in [5.41, 5.74) is 19.9. The maximum absolute atomic E-state index is 6.21. The van der Waals surface area contributed by atoms with Gasteiger partial charge >= 0.3 is 0 Å². The molecule has 0 unspecified atom stereocenters. The van der Waals surface area contributed by atoms with E-state index in [1.165, 1.54) is 55.6 Å². The largest absolute Gasteiger partial charge is 0.456 e. The van der Waals surface area contributed by atoms with Crippen molar-refractivity contribution in [2.75, 3.05) is 4.90 Å². The Balaban J connectivity index is 1.04. The van der Waals surface area contributed by atoms with Gasteiger partial charge in [0.05, 0.1) is 5.41 Å². The molecular formula is C58H41NO. The van der Waals surface area contributed by atoms with E-state index in [2.05, 4.69) is 219 Å². The van der Waals surface area contributed by atoms with E-state index in [1.807, 2.05) is 12.1 Å². The third-order valence-corrected chi connectivity index (χ3v) is 13.4. The Kier molecular flexibility index (Phi) is 7.52. The predicted molar refractivity (Wildman–Crippen MR) is 249 cm³/mol. The molecule has 2 nitrogen and oxygen atoms in total. The van der Waals surface area contributed by atoms with Crippen molar-refractivity contribution < 1.29 is 4.42 Å². The molecule has 0 aliphatic heterocycles. The van der Waals surface area contributed by atoms with Crippen molar-refractivity contribution in [3.05, 3.63) is 246 Å². The second kappa shape index (κ2) is 13.0. The summed E-state index contributed by atoms with van der Waals surface area (Å²) >= 11 is 0. The molecule has 2 aliphatic rings. The molecule has 60 heavy (non-hydrogen) atoms. The van der Waals surface area contributed by atoms with E-state index in [4.69, 9.17) is 4.42 Å². The van der Waals surface area contributed by atoms with Gasteiger partial charge in [-0.2, -0.15) is 0 Å². The van der Waals surface area contributed by atoms with Gasteiger partial charge in [-0.25, -0.2) is 0 Å². The van der Waals surface area contributed by atoms with Gasteiger partial charge < -0.3 is 9.32 Å². The first kappa shape index (κ1) is 34.6. The molecule has 284 valence electrons. The number of hydrogen-bond acceptors (Lipinski definition) is 2. The van der Waals surface area contributed by atoms with Crippen molar-refractivity contribution in [2.45, 2.75) is 24.7 Å². The first-order valence-corrected chi connectivity index (χ1v) is 20.9. The molecule has 0 bridgehead atoms. The number of fused-ring (bicyclic) bond motifs is 9. The van der Waals surface area contributed by atoms with Gasteiger partial charge in [-0.3, -0.25) is 0 Å². The van der Waals surface area contributed by atoms with Gasteiger partial charge in [0.1, 0.15) is 11.2 Å². The van der Waals surface area contributed by atoms with Crippen LogP contribution in [0, 0.1) is 0 Å². The number of benzene rings is 9. The van der Waals surface area contributed by atoms with Crippen molar-refractivity contribution in [1.29, 1.82) is 0 Å². The van der Waals surface area contributed by atoms with Crippen LogP contribution in [0.5, 0.6) is 0 Å². The van der Waals surface area contributed by atoms with E-state index in [9.17, 15) is 0 Å². The number of para-hydroxylation sites is 1. The fourth-order valence-corrected chi connectivity index (χ4v) is 10.6. The first-order chi connectivity index (χ1) is 29.5. The van der Waals surface area contributed by atoms with Crippen LogP contribution >= 0.6 is 0 Å². The Hall–Kier alpha value is -7.42. The lowest BCUT2D eigenvalue weighted by Crippen LogP contribution is -2.28.